The number of hydrogen-bond donors (Lipinski definition) is 1. The van der Waals surface area contributed by atoms with Crippen molar-refractivity contribution in [2.24, 2.45) is 23.2 Å². The molecule has 6 nitrogen and oxygen atoms in total. The zero-order chi connectivity index (χ0) is 21.8. The molecule has 1 aromatic carbocycles. The van der Waals surface area contributed by atoms with Gasteiger partial charge in [0.05, 0.1) is 30.3 Å². The van der Waals surface area contributed by atoms with Crippen LogP contribution < -0.4 is 14.8 Å². The van der Waals surface area contributed by atoms with E-state index in [4.69, 9.17) is 21.1 Å². The largest absolute Gasteiger partial charge is 0.495 e. The zero-order valence-electron chi connectivity index (χ0n) is 18.3. The Balaban J connectivity index is 1.34. The van der Waals surface area contributed by atoms with E-state index in [9.17, 15) is 9.59 Å². The summed E-state index contributed by atoms with van der Waals surface area (Å²) in [6.07, 6.45) is 8.50. The maximum atomic E-state index is 13.8. The van der Waals surface area contributed by atoms with Gasteiger partial charge in [0.2, 0.25) is 11.8 Å². The molecule has 4 bridgehead atoms. The van der Waals surface area contributed by atoms with Crippen molar-refractivity contribution < 1.29 is 19.1 Å². The highest BCUT2D eigenvalue weighted by molar-refractivity contribution is 6.32. The number of likely N-dealkylation sites (tertiary alicyclic amines) is 1. The van der Waals surface area contributed by atoms with Crippen LogP contribution in [0.3, 0.4) is 0 Å². The first-order chi connectivity index (χ1) is 14.9. The van der Waals surface area contributed by atoms with E-state index in [1.165, 1.54) is 33.5 Å². The summed E-state index contributed by atoms with van der Waals surface area (Å²) in [6, 6.07) is 2.86. The van der Waals surface area contributed by atoms with E-state index in [1.54, 1.807) is 12.1 Å². The molecule has 2 amide bonds. The second kappa shape index (κ2) is 7.88. The third-order valence-corrected chi connectivity index (χ3v) is 8.34. The van der Waals surface area contributed by atoms with Crippen molar-refractivity contribution in [2.45, 2.75) is 57.4 Å². The average molecular weight is 447 g/mol. The predicted molar refractivity (Wildman–Crippen MR) is 119 cm³/mol. The van der Waals surface area contributed by atoms with E-state index in [0.717, 1.165) is 25.7 Å². The molecule has 0 spiro atoms. The Morgan fingerprint density at radius 2 is 1.65 bits per heavy atom. The van der Waals surface area contributed by atoms with E-state index >= 15 is 0 Å². The second-order valence-corrected chi connectivity index (χ2v) is 10.4. The first kappa shape index (κ1) is 20.9. The quantitative estimate of drug-likeness (QED) is 0.722. The van der Waals surface area contributed by atoms with E-state index in [0.29, 0.717) is 52.9 Å². The molecular weight excluding hydrogens is 416 g/mol. The third-order valence-electron chi connectivity index (χ3n) is 8.04. The number of carbonyl (C=O) groups is 2. The smallest absolute Gasteiger partial charge is 0.247 e. The number of nitrogens with one attached hydrogen (secondary N) is 1. The number of halogens is 1. The van der Waals surface area contributed by atoms with Crippen LogP contribution in [0.2, 0.25) is 5.02 Å². The molecule has 4 aliphatic carbocycles. The lowest BCUT2D eigenvalue weighted by Crippen LogP contribution is -2.56. The predicted octanol–water partition coefficient (Wildman–Crippen LogP) is 4.50. The van der Waals surface area contributed by atoms with E-state index in [1.807, 2.05) is 4.90 Å². The number of benzene rings is 1. The molecule has 4 saturated carbocycles. The monoisotopic (exact) mass is 446 g/mol. The molecule has 1 aliphatic heterocycles. The summed E-state index contributed by atoms with van der Waals surface area (Å²) in [7, 11) is 3.07. The molecule has 1 atom stereocenters. The maximum Gasteiger partial charge on any atom is 0.247 e. The Hall–Kier alpha value is -1.95. The van der Waals surface area contributed by atoms with Gasteiger partial charge in [-0.2, -0.15) is 0 Å². The van der Waals surface area contributed by atoms with Gasteiger partial charge in [-0.05, 0) is 75.2 Å². The molecule has 1 aromatic rings. The van der Waals surface area contributed by atoms with Crippen molar-refractivity contribution in [1.29, 1.82) is 0 Å². The molecule has 1 heterocycles. The van der Waals surface area contributed by atoms with Crippen LogP contribution in [0.4, 0.5) is 5.69 Å². The normalized spacial score (nSPS) is 33.5. The molecule has 6 rings (SSSR count). The van der Waals surface area contributed by atoms with Gasteiger partial charge in [0.1, 0.15) is 17.5 Å². The molecule has 0 radical (unpaired) electrons. The summed E-state index contributed by atoms with van der Waals surface area (Å²) in [5.74, 6) is 3.13. The number of hydrogen-bond acceptors (Lipinski definition) is 4. The van der Waals surface area contributed by atoms with Gasteiger partial charge < -0.3 is 19.7 Å². The molecule has 0 unspecified atom stereocenters. The summed E-state index contributed by atoms with van der Waals surface area (Å²) in [6.45, 7) is 0.666. The highest BCUT2D eigenvalue weighted by Crippen LogP contribution is 2.60. The van der Waals surface area contributed by atoms with Crippen LogP contribution >= 0.6 is 11.6 Å². The number of methoxy groups -OCH3 is 2. The number of carbonyl (C=O) groups excluding carboxylic acids is 2. The fraction of sp³-hybridized carbons (Fsp3) is 0.667. The van der Waals surface area contributed by atoms with Crippen LogP contribution in [0.15, 0.2) is 12.1 Å². The SMILES string of the molecule is COc1cc(OC)c(NC(=O)[C@@H]2CCCN2C(=O)C23CC4CC(CC(C4)C2)C3)cc1Cl. The van der Waals surface area contributed by atoms with Gasteiger partial charge in [-0.25, -0.2) is 0 Å². The van der Waals surface area contributed by atoms with Crippen LogP contribution in [0, 0.1) is 23.2 Å². The van der Waals surface area contributed by atoms with Crippen LogP contribution in [0.1, 0.15) is 51.4 Å². The van der Waals surface area contributed by atoms with Gasteiger partial charge in [-0.15, -0.1) is 0 Å². The van der Waals surface area contributed by atoms with Gasteiger partial charge in [-0.3, -0.25) is 9.59 Å². The van der Waals surface area contributed by atoms with Crippen LogP contribution in [-0.2, 0) is 9.59 Å². The Morgan fingerprint density at radius 3 is 2.23 bits per heavy atom. The van der Waals surface area contributed by atoms with E-state index in [2.05, 4.69) is 5.32 Å². The van der Waals surface area contributed by atoms with Crippen molar-refractivity contribution in [1.82, 2.24) is 4.90 Å². The highest BCUT2D eigenvalue weighted by atomic mass is 35.5. The van der Waals surface area contributed by atoms with E-state index < -0.39 is 6.04 Å². The molecule has 7 heteroatoms. The second-order valence-electron chi connectivity index (χ2n) is 10.0. The van der Waals surface area contributed by atoms with Gasteiger partial charge >= 0.3 is 0 Å². The van der Waals surface area contributed by atoms with Crippen molar-refractivity contribution >= 4 is 29.1 Å². The highest BCUT2D eigenvalue weighted by Gasteiger charge is 2.56. The summed E-state index contributed by atoms with van der Waals surface area (Å²) < 4.78 is 10.6. The third kappa shape index (κ3) is 3.57. The van der Waals surface area contributed by atoms with Crippen LogP contribution in [0.25, 0.3) is 0 Å². The number of amides is 2. The molecule has 5 fully saturated rings. The zero-order valence-corrected chi connectivity index (χ0v) is 19.0. The van der Waals surface area contributed by atoms with Crippen molar-refractivity contribution in [3.63, 3.8) is 0 Å². The molecule has 5 aliphatic rings. The fourth-order valence-corrected chi connectivity index (χ4v) is 7.37. The van der Waals surface area contributed by atoms with Crippen molar-refractivity contribution in [3.05, 3.63) is 17.2 Å². The Labute approximate surface area is 188 Å². The molecule has 31 heavy (non-hydrogen) atoms. The number of nitrogens with zero attached hydrogens (tertiary/aromatic N) is 1. The fourth-order valence-electron chi connectivity index (χ4n) is 7.13. The molecule has 168 valence electrons. The summed E-state index contributed by atoms with van der Waals surface area (Å²) in [5, 5.41) is 3.35. The van der Waals surface area contributed by atoms with Gasteiger partial charge in [-0.1, -0.05) is 11.6 Å². The molecule has 1 N–H and O–H groups in total. The van der Waals surface area contributed by atoms with Crippen LogP contribution in [0.5, 0.6) is 11.5 Å². The number of rotatable bonds is 5. The average Bonchev–Trinajstić information content (AvgIpc) is 3.22. The van der Waals surface area contributed by atoms with Crippen molar-refractivity contribution in [2.75, 3.05) is 26.1 Å². The van der Waals surface area contributed by atoms with E-state index in [-0.39, 0.29) is 17.2 Å². The standard InChI is InChI=1S/C24H31ClN2O4/c1-30-20-10-21(31-2)18(9-17(20)25)26-22(28)19-4-3-5-27(19)23(29)24-11-14-6-15(12-24)8-16(7-14)13-24/h9-10,14-16,19H,3-8,11-13H2,1-2H3,(H,26,28)/t14?,15?,16?,19-,24?/m0/s1. The molecular formula is C24H31ClN2O4. The summed E-state index contributed by atoms with van der Waals surface area (Å²) in [4.78, 5) is 28.9. The van der Waals surface area contributed by atoms with Gasteiger partial charge in [0.25, 0.3) is 0 Å². The molecule has 0 aromatic heterocycles. The van der Waals surface area contributed by atoms with Gasteiger partial charge in [0, 0.05) is 12.6 Å². The summed E-state index contributed by atoms with van der Waals surface area (Å²) in [5.41, 5.74) is 0.269. The Morgan fingerprint density at radius 1 is 1.03 bits per heavy atom. The lowest BCUT2D eigenvalue weighted by atomic mass is 9.49. The lowest BCUT2D eigenvalue weighted by Gasteiger charge is -2.56. The Bertz CT molecular complexity index is 867. The van der Waals surface area contributed by atoms with Gasteiger partial charge in [0.15, 0.2) is 0 Å². The lowest BCUT2D eigenvalue weighted by molar-refractivity contribution is -0.160. The molecule has 1 saturated heterocycles. The van der Waals surface area contributed by atoms with Crippen molar-refractivity contribution in [3.8, 4) is 11.5 Å². The Kier molecular flexibility index (Phi) is 5.32. The maximum absolute atomic E-state index is 13.8. The minimum Gasteiger partial charge on any atom is -0.495 e. The first-order valence-corrected chi connectivity index (χ1v) is 11.8. The topological polar surface area (TPSA) is 67.9 Å². The first-order valence-electron chi connectivity index (χ1n) is 11.5. The minimum atomic E-state index is -0.439. The number of ether oxygens (including phenoxy) is 2. The minimum absolute atomic E-state index is 0.171. The van der Waals surface area contributed by atoms with Crippen LogP contribution in [-0.4, -0.2) is 43.5 Å². The number of anilines is 1. The summed E-state index contributed by atoms with van der Waals surface area (Å²) >= 11 is 6.26.